The van der Waals surface area contributed by atoms with E-state index in [9.17, 15) is 9.59 Å². The van der Waals surface area contributed by atoms with Crippen LogP contribution in [0.2, 0.25) is 0 Å². The maximum atomic E-state index is 13.6. The number of para-hydroxylation sites is 1. The first-order chi connectivity index (χ1) is 18.6. The lowest BCUT2D eigenvalue weighted by atomic mass is 10.1. The number of aromatic amines is 1. The molecule has 0 aliphatic carbocycles. The molecule has 2 aromatic carbocycles. The largest absolute Gasteiger partial charge is 0.399 e. The number of benzene rings is 2. The predicted molar refractivity (Wildman–Crippen MR) is 146 cm³/mol. The van der Waals surface area contributed by atoms with Crippen LogP contribution in [0.5, 0.6) is 0 Å². The zero-order valence-corrected chi connectivity index (χ0v) is 21.3. The smallest absolute Gasteiger partial charge is 0.273 e. The number of hydrogen-bond donors (Lipinski definition) is 2. The van der Waals surface area contributed by atoms with Gasteiger partial charge in [-0.25, -0.2) is 4.98 Å². The van der Waals surface area contributed by atoms with Crippen LogP contribution in [0.4, 0.5) is 11.4 Å². The van der Waals surface area contributed by atoms with Gasteiger partial charge in [0.1, 0.15) is 18.6 Å². The molecule has 4 aromatic rings. The minimum absolute atomic E-state index is 0.121. The lowest BCUT2D eigenvalue weighted by Gasteiger charge is -2.23. The second-order valence-corrected chi connectivity index (χ2v) is 8.84. The Bertz CT molecular complexity index is 1480. The van der Waals surface area contributed by atoms with Crippen molar-refractivity contribution in [2.45, 2.75) is 26.2 Å². The number of H-pyrrole nitrogens is 1. The quantitative estimate of drug-likeness (QED) is 0.280. The second-order valence-electron chi connectivity index (χ2n) is 8.84. The summed E-state index contributed by atoms with van der Waals surface area (Å²) in [5.74, 6) is 0.387. The van der Waals surface area contributed by atoms with E-state index in [4.69, 9.17) is 9.82 Å². The molecule has 38 heavy (non-hydrogen) atoms. The van der Waals surface area contributed by atoms with Crippen LogP contribution in [0.15, 0.2) is 78.1 Å². The molecule has 0 bridgehead atoms. The molecule has 0 spiro atoms. The van der Waals surface area contributed by atoms with E-state index in [0.717, 1.165) is 34.2 Å². The number of hydrogen-bond acceptors (Lipinski definition) is 6. The Morgan fingerprint density at radius 2 is 1.87 bits per heavy atom. The molecule has 0 fully saturated rings. The van der Waals surface area contributed by atoms with Crippen molar-refractivity contribution in [2.24, 2.45) is 5.16 Å². The Hall–Kier alpha value is -4.79. The molecular formula is C29H28N6O3. The third-order valence-corrected chi connectivity index (χ3v) is 6.37. The highest BCUT2D eigenvalue weighted by Gasteiger charge is 2.27. The van der Waals surface area contributed by atoms with Crippen LogP contribution in [0.1, 0.15) is 40.9 Å². The van der Waals surface area contributed by atoms with Crippen LogP contribution in [0.3, 0.4) is 0 Å². The van der Waals surface area contributed by atoms with Crippen LogP contribution < -0.4 is 10.2 Å². The number of amides is 2. The fourth-order valence-corrected chi connectivity index (χ4v) is 4.52. The van der Waals surface area contributed by atoms with Crippen LogP contribution in [0.25, 0.3) is 11.3 Å². The van der Waals surface area contributed by atoms with Gasteiger partial charge in [-0.1, -0.05) is 36.3 Å². The second kappa shape index (κ2) is 11.1. The number of oxime groups is 1. The fraction of sp³-hybridized carbons (Fsp3) is 0.207. The number of imidazole rings is 1. The number of fused-ring (bicyclic) bond motifs is 3. The summed E-state index contributed by atoms with van der Waals surface area (Å²) in [4.78, 5) is 45.3. The number of carbonyl (C=O) groups is 2. The highest BCUT2D eigenvalue weighted by atomic mass is 16.6. The summed E-state index contributed by atoms with van der Waals surface area (Å²) >= 11 is 0. The lowest BCUT2D eigenvalue weighted by molar-refractivity contribution is -0.110. The van der Waals surface area contributed by atoms with Gasteiger partial charge >= 0.3 is 0 Å². The first kappa shape index (κ1) is 24.9. The Morgan fingerprint density at radius 3 is 2.61 bits per heavy atom. The SMILES string of the molecule is CC/C(=N\OC)C(=O)Nc1ccc(C(=O)N2CCc3[nH]c(Cc4ccccn4)nc3-c3ccccc32)cc1. The molecule has 192 valence electrons. The van der Waals surface area contributed by atoms with Crippen molar-refractivity contribution in [3.63, 3.8) is 0 Å². The Labute approximate surface area is 220 Å². The van der Waals surface area contributed by atoms with Crippen LogP contribution in [0, 0.1) is 0 Å². The van der Waals surface area contributed by atoms with Gasteiger partial charge in [-0.05, 0) is 48.9 Å². The van der Waals surface area contributed by atoms with Gasteiger partial charge in [-0.15, -0.1) is 0 Å². The molecule has 3 heterocycles. The first-order valence-electron chi connectivity index (χ1n) is 12.5. The average Bonchev–Trinajstić information content (AvgIpc) is 3.28. The molecule has 5 rings (SSSR count). The van der Waals surface area contributed by atoms with E-state index in [2.05, 4.69) is 20.4 Å². The normalized spacial score (nSPS) is 12.8. The molecule has 1 aliphatic heterocycles. The van der Waals surface area contributed by atoms with Gasteiger partial charge in [0, 0.05) is 53.8 Å². The molecule has 0 unspecified atom stereocenters. The zero-order chi connectivity index (χ0) is 26.5. The molecule has 0 radical (unpaired) electrons. The third-order valence-electron chi connectivity index (χ3n) is 6.37. The third kappa shape index (κ3) is 5.17. The van der Waals surface area contributed by atoms with E-state index in [1.165, 1.54) is 7.11 Å². The molecule has 2 aromatic heterocycles. The summed E-state index contributed by atoms with van der Waals surface area (Å²) in [5, 5.41) is 6.54. The summed E-state index contributed by atoms with van der Waals surface area (Å²) < 4.78 is 0. The molecule has 9 heteroatoms. The number of nitrogens with zero attached hydrogens (tertiary/aromatic N) is 4. The summed E-state index contributed by atoms with van der Waals surface area (Å²) in [6.07, 6.45) is 3.46. The van der Waals surface area contributed by atoms with Crippen molar-refractivity contribution in [1.29, 1.82) is 0 Å². The van der Waals surface area contributed by atoms with Crippen molar-refractivity contribution in [3.05, 3.63) is 95.7 Å². The van der Waals surface area contributed by atoms with Crippen LogP contribution in [-0.2, 0) is 22.5 Å². The van der Waals surface area contributed by atoms with E-state index in [1.54, 1.807) is 35.4 Å². The van der Waals surface area contributed by atoms with Crippen molar-refractivity contribution in [2.75, 3.05) is 23.9 Å². The molecule has 0 atom stereocenters. The highest BCUT2D eigenvalue weighted by Crippen LogP contribution is 2.36. The number of carbonyl (C=O) groups excluding carboxylic acids is 2. The minimum atomic E-state index is -0.342. The van der Waals surface area contributed by atoms with E-state index in [-0.39, 0.29) is 17.5 Å². The van der Waals surface area contributed by atoms with Crippen molar-refractivity contribution >= 4 is 28.9 Å². The Balaban J connectivity index is 1.37. The number of aromatic nitrogens is 3. The number of nitrogens with one attached hydrogen (secondary N) is 2. The summed E-state index contributed by atoms with van der Waals surface area (Å²) in [6.45, 7) is 2.32. The average molecular weight is 509 g/mol. The monoisotopic (exact) mass is 508 g/mol. The van der Waals surface area contributed by atoms with Crippen LogP contribution >= 0.6 is 0 Å². The topological polar surface area (TPSA) is 113 Å². The van der Waals surface area contributed by atoms with Gasteiger partial charge in [-0.3, -0.25) is 14.6 Å². The molecule has 2 amide bonds. The van der Waals surface area contributed by atoms with Gasteiger partial charge < -0.3 is 20.0 Å². The van der Waals surface area contributed by atoms with Gasteiger partial charge in [0.15, 0.2) is 0 Å². The predicted octanol–water partition coefficient (Wildman–Crippen LogP) is 4.62. The standard InChI is InChI=1S/C29H28N6O3/c1-3-23(34-38-2)28(36)31-20-13-11-19(12-14-20)29(37)35-17-15-24-27(22-9-4-5-10-25(22)35)33-26(32-24)18-21-8-6-7-16-30-21/h4-14,16H,3,15,17-18H2,1-2H3,(H,31,36)(H,32,33)/b34-23+. The Morgan fingerprint density at radius 1 is 1.08 bits per heavy atom. The van der Waals surface area contributed by atoms with E-state index >= 15 is 0 Å². The zero-order valence-electron chi connectivity index (χ0n) is 21.3. The number of rotatable bonds is 7. The van der Waals surface area contributed by atoms with E-state index in [1.807, 2.05) is 49.4 Å². The molecule has 9 nitrogen and oxygen atoms in total. The molecule has 1 aliphatic rings. The molecule has 0 saturated heterocycles. The minimum Gasteiger partial charge on any atom is -0.399 e. The Kier molecular flexibility index (Phi) is 7.26. The number of pyridine rings is 1. The molecular weight excluding hydrogens is 480 g/mol. The van der Waals surface area contributed by atoms with Crippen molar-refractivity contribution in [3.8, 4) is 11.3 Å². The maximum Gasteiger partial charge on any atom is 0.273 e. The number of anilines is 2. The van der Waals surface area contributed by atoms with Gasteiger partial charge in [0.05, 0.1) is 11.4 Å². The van der Waals surface area contributed by atoms with Crippen molar-refractivity contribution < 1.29 is 14.4 Å². The van der Waals surface area contributed by atoms with E-state index < -0.39 is 0 Å². The summed E-state index contributed by atoms with van der Waals surface area (Å²) in [6, 6.07) is 20.5. The van der Waals surface area contributed by atoms with Crippen molar-refractivity contribution in [1.82, 2.24) is 15.0 Å². The molecule has 2 N–H and O–H groups in total. The van der Waals surface area contributed by atoms with Gasteiger partial charge in [-0.2, -0.15) is 0 Å². The summed E-state index contributed by atoms with van der Waals surface area (Å²) in [5.41, 5.74) is 5.91. The first-order valence-corrected chi connectivity index (χ1v) is 12.5. The fourth-order valence-electron chi connectivity index (χ4n) is 4.52. The summed E-state index contributed by atoms with van der Waals surface area (Å²) in [7, 11) is 1.40. The van der Waals surface area contributed by atoms with Gasteiger partial charge in [0.25, 0.3) is 11.8 Å². The highest BCUT2D eigenvalue weighted by molar-refractivity contribution is 6.42. The van der Waals surface area contributed by atoms with E-state index in [0.29, 0.717) is 37.1 Å². The molecule has 0 saturated carbocycles. The maximum absolute atomic E-state index is 13.6. The van der Waals surface area contributed by atoms with Crippen LogP contribution in [-0.4, -0.2) is 46.1 Å². The lowest BCUT2D eigenvalue weighted by Crippen LogP contribution is -2.32. The van der Waals surface area contributed by atoms with Gasteiger partial charge in [0.2, 0.25) is 0 Å².